The van der Waals surface area contributed by atoms with E-state index in [2.05, 4.69) is 4.90 Å². The summed E-state index contributed by atoms with van der Waals surface area (Å²) in [6.45, 7) is 4.68. The monoisotopic (exact) mass is 445 g/mol. The third kappa shape index (κ3) is 5.62. The van der Waals surface area contributed by atoms with Crippen LogP contribution in [-0.2, 0) is 11.3 Å². The van der Waals surface area contributed by atoms with Crippen LogP contribution in [-0.4, -0.2) is 54.4 Å². The Balaban J connectivity index is 1.67. The maximum atomic E-state index is 13.1. The van der Waals surface area contributed by atoms with Gasteiger partial charge in [0, 0.05) is 43.9 Å². The normalized spacial score (nSPS) is 17.2. The lowest BCUT2D eigenvalue weighted by molar-refractivity contribution is -0.130. The molecule has 164 valence electrons. The first-order valence-corrected chi connectivity index (χ1v) is 10.3. The van der Waals surface area contributed by atoms with Crippen molar-refractivity contribution in [3.63, 3.8) is 0 Å². The average Bonchev–Trinajstić information content (AvgIpc) is 2.74. The van der Waals surface area contributed by atoms with Gasteiger partial charge in [-0.15, -0.1) is 0 Å². The number of methoxy groups -OCH3 is 1. The Kier molecular flexibility index (Phi) is 7.30. The molecule has 1 heterocycles. The number of amides is 2. The highest BCUT2D eigenvalue weighted by Gasteiger charge is 2.26. The van der Waals surface area contributed by atoms with E-state index >= 15 is 0 Å². The van der Waals surface area contributed by atoms with Crippen LogP contribution in [0.1, 0.15) is 28.4 Å². The van der Waals surface area contributed by atoms with E-state index in [9.17, 15) is 14.0 Å². The van der Waals surface area contributed by atoms with Gasteiger partial charge in [0.15, 0.2) is 0 Å². The number of primary amides is 1. The van der Waals surface area contributed by atoms with Crippen LogP contribution in [0.3, 0.4) is 0 Å². The lowest BCUT2D eigenvalue weighted by Crippen LogP contribution is -2.53. The van der Waals surface area contributed by atoms with Crippen molar-refractivity contribution in [2.75, 3.05) is 26.7 Å². The lowest BCUT2D eigenvalue weighted by Gasteiger charge is -2.39. The Morgan fingerprint density at radius 2 is 1.97 bits per heavy atom. The van der Waals surface area contributed by atoms with E-state index in [1.54, 1.807) is 29.2 Å². The fourth-order valence-electron chi connectivity index (χ4n) is 3.69. The van der Waals surface area contributed by atoms with Crippen molar-refractivity contribution in [3.05, 3.63) is 70.0 Å². The van der Waals surface area contributed by atoms with Gasteiger partial charge in [-0.2, -0.15) is 0 Å². The summed E-state index contributed by atoms with van der Waals surface area (Å²) < 4.78 is 18.3. The minimum atomic E-state index is -0.639. The summed E-state index contributed by atoms with van der Waals surface area (Å²) in [6.07, 6.45) is 2.99. The van der Waals surface area contributed by atoms with Crippen molar-refractivity contribution < 1.29 is 18.7 Å². The molecule has 8 heteroatoms. The number of hydrogen-bond donors (Lipinski definition) is 1. The fraction of sp³-hybridized carbons (Fsp3) is 0.304. The van der Waals surface area contributed by atoms with E-state index in [0.717, 1.165) is 5.56 Å². The number of carbonyl (C=O) groups excluding carboxylic acids is 2. The quantitative estimate of drug-likeness (QED) is 0.692. The van der Waals surface area contributed by atoms with Gasteiger partial charge in [-0.25, -0.2) is 4.39 Å². The maximum Gasteiger partial charge on any atom is 0.249 e. The van der Waals surface area contributed by atoms with Gasteiger partial charge >= 0.3 is 0 Å². The van der Waals surface area contributed by atoms with Gasteiger partial charge in [-0.3, -0.25) is 14.5 Å². The highest BCUT2D eigenvalue weighted by Crippen LogP contribution is 2.29. The van der Waals surface area contributed by atoms with E-state index in [-0.39, 0.29) is 28.4 Å². The largest absolute Gasteiger partial charge is 0.495 e. The molecule has 6 nitrogen and oxygen atoms in total. The molecular formula is C23H25ClFN3O3. The van der Waals surface area contributed by atoms with Crippen molar-refractivity contribution in [1.29, 1.82) is 0 Å². The van der Waals surface area contributed by atoms with Gasteiger partial charge in [0.2, 0.25) is 11.8 Å². The number of ether oxygens (including phenoxy) is 1. The minimum Gasteiger partial charge on any atom is -0.495 e. The Hall–Kier alpha value is -2.90. The summed E-state index contributed by atoms with van der Waals surface area (Å²) in [6, 6.07) is 9.47. The third-order valence-corrected chi connectivity index (χ3v) is 5.60. The molecule has 1 fully saturated rings. The first kappa shape index (κ1) is 22.8. The van der Waals surface area contributed by atoms with Crippen LogP contribution in [0.2, 0.25) is 5.02 Å². The first-order valence-electron chi connectivity index (χ1n) is 9.91. The molecule has 0 radical (unpaired) electrons. The Morgan fingerprint density at radius 3 is 2.58 bits per heavy atom. The lowest BCUT2D eigenvalue weighted by atomic mass is 10.1. The Bertz CT molecular complexity index is 994. The van der Waals surface area contributed by atoms with E-state index in [0.29, 0.717) is 37.5 Å². The van der Waals surface area contributed by atoms with Crippen molar-refractivity contribution in [1.82, 2.24) is 9.80 Å². The zero-order valence-electron chi connectivity index (χ0n) is 17.5. The van der Waals surface area contributed by atoms with E-state index in [1.165, 1.54) is 31.4 Å². The average molecular weight is 446 g/mol. The molecule has 2 aromatic carbocycles. The highest BCUT2D eigenvalue weighted by atomic mass is 35.5. The second kappa shape index (κ2) is 9.94. The molecule has 2 N–H and O–H groups in total. The summed E-state index contributed by atoms with van der Waals surface area (Å²) in [5.74, 6) is -0.656. The van der Waals surface area contributed by atoms with Crippen LogP contribution >= 0.6 is 11.6 Å². The first-order chi connectivity index (χ1) is 14.8. The van der Waals surface area contributed by atoms with Gasteiger partial charge in [0.1, 0.15) is 11.6 Å². The predicted molar refractivity (Wildman–Crippen MR) is 118 cm³/mol. The van der Waals surface area contributed by atoms with Crippen LogP contribution in [0.25, 0.3) is 6.08 Å². The minimum absolute atomic E-state index is 0.00159. The summed E-state index contributed by atoms with van der Waals surface area (Å²) in [5, 5.41) is 0.269. The van der Waals surface area contributed by atoms with Gasteiger partial charge < -0.3 is 15.4 Å². The standard InChI is InChI=1S/C23H25ClFN3O3/c1-15-13-27(14-16-3-6-18(25)7-4-16)9-10-28(15)22(29)8-5-17-11-21(31-2)20(24)12-19(17)23(26)30/h3-8,11-12,15H,9-10,13-14H2,1-2H3,(H2,26,30)/t15-/m1/s1. The number of halogens is 2. The molecule has 1 aliphatic heterocycles. The zero-order valence-corrected chi connectivity index (χ0v) is 18.2. The summed E-state index contributed by atoms with van der Waals surface area (Å²) in [5.41, 5.74) is 7.15. The summed E-state index contributed by atoms with van der Waals surface area (Å²) >= 11 is 6.07. The van der Waals surface area contributed by atoms with Gasteiger partial charge in [-0.05, 0) is 48.4 Å². The molecule has 0 unspecified atom stereocenters. The fourth-order valence-corrected chi connectivity index (χ4v) is 3.93. The number of rotatable bonds is 6. The smallest absolute Gasteiger partial charge is 0.249 e. The summed E-state index contributed by atoms with van der Waals surface area (Å²) in [4.78, 5) is 28.6. The number of carbonyl (C=O) groups is 2. The van der Waals surface area contributed by atoms with Crippen molar-refractivity contribution >= 4 is 29.5 Å². The molecule has 31 heavy (non-hydrogen) atoms. The zero-order chi connectivity index (χ0) is 22.5. The van der Waals surface area contributed by atoms with Crippen LogP contribution in [0.5, 0.6) is 5.75 Å². The second-order valence-electron chi connectivity index (χ2n) is 7.51. The number of piperazine rings is 1. The maximum absolute atomic E-state index is 13.1. The van der Waals surface area contributed by atoms with Gasteiger partial charge in [0.05, 0.1) is 12.1 Å². The van der Waals surface area contributed by atoms with Gasteiger partial charge in [0.25, 0.3) is 0 Å². The van der Waals surface area contributed by atoms with E-state index < -0.39 is 5.91 Å². The van der Waals surface area contributed by atoms with E-state index in [1.807, 2.05) is 6.92 Å². The van der Waals surface area contributed by atoms with Crippen LogP contribution < -0.4 is 10.5 Å². The Morgan fingerprint density at radius 1 is 1.26 bits per heavy atom. The predicted octanol–water partition coefficient (Wildman–Crippen LogP) is 3.33. The number of nitrogens with zero attached hydrogens (tertiary/aromatic N) is 2. The molecule has 2 aromatic rings. The van der Waals surface area contributed by atoms with Crippen LogP contribution in [0.4, 0.5) is 4.39 Å². The van der Waals surface area contributed by atoms with Crippen molar-refractivity contribution in [3.8, 4) is 5.75 Å². The molecule has 3 rings (SSSR count). The van der Waals surface area contributed by atoms with Crippen LogP contribution in [0.15, 0.2) is 42.5 Å². The highest BCUT2D eigenvalue weighted by molar-refractivity contribution is 6.32. The molecule has 0 saturated carbocycles. The number of benzene rings is 2. The SMILES string of the molecule is COc1cc(C=CC(=O)N2CCN(Cc3ccc(F)cc3)C[C@H]2C)c(C(N)=O)cc1Cl. The van der Waals surface area contributed by atoms with E-state index in [4.69, 9.17) is 22.1 Å². The summed E-state index contributed by atoms with van der Waals surface area (Å²) in [7, 11) is 1.47. The molecule has 0 aliphatic carbocycles. The molecule has 0 spiro atoms. The van der Waals surface area contributed by atoms with Gasteiger partial charge in [-0.1, -0.05) is 23.7 Å². The van der Waals surface area contributed by atoms with Crippen molar-refractivity contribution in [2.45, 2.75) is 19.5 Å². The molecule has 1 saturated heterocycles. The molecular weight excluding hydrogens is 421 g/mol. The number of nitrogens with two attached hydrogens (primary N) is 1. The molecule has 1 aliphatic rings. The van der Waals surface area contributed by atoms with Crippen molar-refractivity contribution in [2.24, 2.45) is 5.73 Å². The molecule has 0 bridgehead atoms. The second-order valence-corrected chi connectivity index (χ2v) is 7.92. The van der Waals surface area contributed by atoms with Crippen LogP contribution in [0, 0.1) is 5.82 Å². The molecule has 1 atom stereocenters. The number of hydrogen-bond acceptors (Lipinski definition) is 4. The topological polar surface area (TPSA) is 75.9 Å². The molecule has 2 amide bonds. The Labute approximate surface area is 186 Å². The molecule has 0 aromatic heterocycles. The third-order valence-electron chi connectivity index (χ3n) is 5.31.